The van der Waals surface area contributed by atoms with Crippen molar-refractivity contribution >= 4 is 11.9 Å². The van der Waals surface area contributed by atoms with Crippen molar-refractivity contribution in [1.82, 2.24) is 0 Å². The zero-order chi connectivity index (χ0) is 46.8. The second-order valence-electron chi connectivity index (χ2n) is 16.6. The lowest BCUT2D eigenvalue weighted by Crippen LogP contribution is -2.61. The molecule has 0 amide bonds. The molecule has 0 radical (unpaired) electrons. The van der Waals surface area contributed by atoms with Crippen molar-refractivity contribution in [3.63, 3.8) is 0 Å². The van der Waals surface area contributed by atoms with Gasteiger partial charge in [0.25, 0.3) is 0 Å². The summed E-state index contributed by atoms with van der Waals surface area (Å²) < 4.78 is 33.4. The van der Waals surface area contributed by atoms with Crippen LogP contribution in [0.2, 0.25) is 0 Å². The van der Waals surface area contributed by atoms with E-state index >= 15 is 0 Å². The maximum atomic E-state index is 12.9. The number of hydrogen-bond donors (Lipinski definition) is 7. The molecular weight excluding hydrogens is 829 g/mol. The Kier molecular flexibility index (Phi) is 32.5. The SMILES string of the molecule is CCC=CCC=CCC=CCC=CCC=CCCCC(=O)OC[C@H](CO[C@@H]1O[C@H](CO[C@H]2O[C@H](CO)[C@H](O)[C@H](O)[C@H]2O)[C@H](O)[C@H](O)[C@H]1O)OC(=O)CCCCCCCCCCCCC. The Balaban J connectivity index is 1.86. The minimum atomic E-state index is -1.77. The molecule has 0 saturated carbocycles. The second kappa shape index (κ2) is 36.3. The Hall–Kier alpha value is -2.80. The molecule has 0 spiro atoms. The third-order valence-electron chi connectivity index (χ3n) is 11.0. The molecule has 0 aromatic carbocycles. The summed E-state index contributed by atoms with van der Waals surface area (Å²) in [6.07, 6.45) is 22.7. The monoisotopic (exact) mass is 911 g/mol. The third-order valence-corrected chi connectivity index (χ3v) is 11.0. The molecule has 0 aliphatic carbocycles. The first-order valence-corrected chi connectivity index (χ1v) is 23.9. The number of aliphatic hydroxyl groups is 7. The number of rotatable bonds is 35. The largest absolute Gasteiger partial charge is 0.462 e. The summed E-state index contributed by atoms with van der Waals surface area (Å²) in [5.41, 5.74) is 0. The van der Waals surface area contributed by atoms with E-state index in [-0.39, 0.29) is 19.4 Å². The summed E-state index contributed by atoms with van der Waals surface area (Å²) in [7, 11) is 0. The summed E-state index contributed by atoms with van der Waals surface area (Å²) in [4.78, 5) is 25.6. The van der Waals surface area contributed by atoms with E-state index in [1.54, 1.807) is 0 Å². The van der Waals surface area contributed by atoms with Crippen molar-refractivity contribution in [1.29, 1.82) is 0 Å². The van der Waals surface area contributed by atoms with Crippen molar-refractivity contribution in [2.45, 2.75) is 210 Å². The van der Waals surface area contributed by atoms with Crippen molar-refractivity contribution in [2.24, 2.45) is 0 Å². The summed E-state index contributed by atoms with van der Waals surface area (Å²) in [6.45, 7) is 2.38. The van der Waals surface area contributed by atoms with Crippen molar-refractivity contribution in [3.8, 4) is 0 Å². The lowest BCUT2D eigenvalue weighted by atomic mass is 9.98. The predicted octanol–water partition coefficient (Wildman–Crippen LogP) is 5.70. The van der Waals surface area contributed by atoms with Gasteiger partial charge in [0, 0.05) is 12.8 Å². The van der Waals surface area contributed by atoms with Gasteiger partial charge in [-0.2, -0.15) is 0 Å². The number of hydrogen-bond acceptors (Lipinski definition) is 15. The van der Waals surface area contributed by atoms with Gasteiger partial charge in [-0.1, -0.05) is 139 Å². The van der Waals surface area contributed by atoms with Gasteiger partial charge in [0.2, 0.25) is 0 Å². The van der Waals surface area contributed by atoms with Crippen molar-refractivity contribution in [2.75, 3.05) is 26.4 Å². The highest BCUT2D eigenvalue weighted by atomic mass is 16.7. The molecule has 0 unspecified atom stereocenters. The van der Waals surface area contributed by atoms with E-state index in [0.29, 0.717) is 19.3 Å². The molecule has 0 aromatic heterocycles. The summed E-state index contributed by atoms with van der Waals surface area (Å²) in [5, 5.41) is 71.9. The zero-order valence-electron chi connectivity index (χ0n) is 38.5. The smallest absolute Gasteiger partial charge is 0.306 e. The van der Waals surface area contributed by atoms with Gasteiger partial charge in [0.15, 0.2) is 18.7 Å². The highest BCUT2D eigenvalue weighted by Crippen LogP contribution is 2.26. The van der Waals surface area contributed by atoms with E-state index < -0.39 is 99.3 Å². The first kappa shape index (κ1) is 57.3. The number of carbonyl (C=O) groups is 2. The number of unbranched alkanes of at least 4 members (excludes halogenated alkanes) is 11. The van der Waals surface area contributed by atoms with Crippen LogP contribution in [0, 0.1) is 0 Å². The predicted molar refractivity (Wildman–Crippen MR) is 243 cm³/mol. The first-order valence-electron chi connectivity index (χ1n) is 23.9. The van der Waals surface area contributed by atoms with Crippen LogP contribution in [0.1, 0.15) is 142 Å². The Morgan fingerprint density at radius 2 is 0.984 bits per heavy atom. The van der Waals surface area contributed by atoms with Crippen LogP contribution in [0.15, 0.2) is 60.8 Å². The molecule has 64 heavy (non-hydrogen) atoms. The van der Waals surface area contributed by atoms with Gasteiger partial charge in [-0.3, -0.25) is 9.59 Å². The topological polar surface area (TPSA) is 231 Å². The van der Waals surface area contributed by atoms with E-state index in [1.807, 2.05) is 12.2 Å². The molecule has 0 aromatic rings. The van der Waals surface area contributed by atoms with Gasteiger partial charge in [0.05, 0.1) is 19.8 Å². The molecule has 2 heterocycles. The van der Waals surface area contributed by atoms with Crippen LogP contribution in [-0.2, 0) is 38.0 Å². The van der Waals surface area contributed by atoms with Gasteiger partial charge in [-0.05, 0) is 51.4 Å². The molecule has 11 atom stereocenters. The normalized spacial score (nSPS) is 27.1. The fourth-order valence-corrected chi connectivity index (χ4v) is 7.07. The molecule has 2 fully saturated rings. The lowest BCUT2D eigenvalue weighted by Gasteiger charge is -2.42. The van der Waals surface area contributed by atoms with Crippen LogP contribution in [-0.4, -0.2) is 142 Å². The average Bonchev–Trinajstić information content (AvgIpc) is 3.29. The molecular formula is C49H82O15. The summed E-state index contributed by atoms with van der Waals surface area (Å²) >= 11 is 0. The third kappa shape index (κ3) is 24.6. The summed E-state index contributed by atoms with van der Waals surface area (Å²) in [5.74, 6) is -0.998. The van der Waals surface area contributed by atoms with Crippen molar-refractivity contribution in [3.05, 3.63) is 60.8 Å². The van der Waals surface area contributed by atoms with Crippen LogP contribution in [0.3, 0.4) is 0 Å². The fraction of sp³-hybridized carbons (Fsp3) is 0.755. The van der Waals surface area contributed by atoms with E-state index in [9.17, 15) is 45.3 Å². The molecule has 2 rings (SSSR count). The Morgan fingerprint density at radius 3 is 1.53 bits per heavy atom. The highest BCUT2D eigenvalue weighted by Gasteiger charge is 2.47. The molecule has 0 bridgehead atoms. The molecule has 15 heteroatoms. The van der Waals surface area contributed by atoms with Gasteiger partial charge in [-0.25, -0.2) is 0 Å². The number of esters is 2. The van der Waals surface area contributed by atoms with E-state index in [2.05, 4.69) is 62.5 Å². The van der Waals surface area contributed by atoms with E-state index in [4.69, 9.17) is 28.4 Å². The van der Waals surface area contributed by atoms with Crippen LogP contribution < -0.4 is 0 Å². The van der Waals surface area contributed by atoms with Gasteiger partial charge in [-0.15, -0.1) is 0 Å². The van der Waals surface area contributed by atoms with Crippen LogP contribution in [0.5, 0.6) is 0 Å². The summed E-state index contributed by atoms with van der Waals surface area (Å²) in [6, 6.07) is 0. The van der Waals surface area contributed by atoms with Crippen LogP contribution in [0.4, 0.5) is 0 Å². The number of allylic oxidation sites excluding steroid dienone is 10. The Labute approximate surface area is 381 Å². The van der Waals surface area contributed by atoms with Crippen LogP contribution in [0.25, 0.3) is 0 Å². The van der Waals surface area contributed by atoms with Crippen molar-refractivity contribution < 1.29 is 73.8 Å². The highest BCUT2D eigenvalue weighted by molar-refractivity contribution is 5.70. The number of carbonyl (C=O) groups excluding carboxylic acids is 2. The molecule has 2 aliphatic rings. The van der Waals surface area contributed by atoms with Crippen LogP contribution >= 0.6 is 0 Å². The molecule has 2 aliphatic heterocycles. The van der Waals surface area contributed by atoms with Gasteiger partial charge in [0.1, 0.15) is 55.4 Å². The second-order valence-corrected chi connectivity index (χ2v) is 16.6. The maximum absolute atomic E-state index is 12.9. The zero-order valence-corrected chi connectivity index (χ0v) is 38.5. The Morgan fingerprint density at radius 1 is 0.516 bits per heavy atom. The number of aliphatic hydroxyl groups excluding tert-OH is 7. The standard InChI is InChI=1S/C49H82O15/c1-3-5-7-9-11-13-15-16-17-18-19-20-22-23-25-27-29-31-40(51)59-34-37(62-41(52)32-30-28-26-24-21-14-12-10-8-6-4-2)35-60-48-47(58)45(56)43(54)39(64-48)36-61-49-46(57)44(55)42(53)38(33-50)63-49/h5,7,11,13,16-17,19-20,23,25,37-39,42-50,53-58H,3-4,6,8-10,12,14-15,18,21-22,24,26-36H2,1-2H3/t37-,38-,39-,42+,43+,44+,45+,46-,47-,48-,49+/m1/s1. The van der Waals surface area contributed by atoms with E-state index in [1.165, 1.54) is 44.9 Å². The molecule has 15 nitrogen and oxygen atoms in total. The van der Waals surface area contributed by atoms with Gasteiger partial charge >= 0.3 is 11.9 Å². The molecule has 368 valence electrons. The van der Waals surface area contributed by atoms with Gasteiger partial charge < -0.3 is 64.2 Å². The minimum Gasteiger partial charge on any atom is -0.462 e. The first-order chi connectivity index (χ1) is 31.0. The minimum absolute atomic E-state index is 0.138. The maximum Gasteiger partial charge on any atom is 0.306 e. The molecule has 2 saturated heterocycles. The fourth-order valence-electron chi connectivity index (χ4n) is 7.07. The lowest BCUT2D eigenvalue weighted by molar-refractivity contribution is -0.332. The number of ether oxygens (including phenoxy) is 6. The average molecular weight is 911 g/mol. The Bertz CT molecular complexity index is 1350. The van der Waals surface area contributed by atoms with E-state index in [0.717, 1.165) is 51.4 Å². The molecule has 7 N–H and O–H groups in total. The quantitative estimate of drug-likeness (QED) is 0.0230.